The zero-order valence-corrected chi connectivity index (χ0v) is 9.95. The summed E-state index contributed by atoms with van der Waals surface area (Å²) in [5, 5.41) is 0.825. The van der Waals surface area contributed by atoms with Crippen LogP contribution in [0.4, 0.5) is 0 Å². The van der Waals surface area contributed by atoms with Gasteiger partial charge in [0.15, 0.2) is 0 Å². The fraction of sp³-hybridized carbons (Fsp3) is 0.538. The van der Waals surface area contributed by atoms with E-state index in [0.717, 1.165) is 22.4 Å². The fourth-order valence-corrected chi connectivity index (χ4v) is 3.49. The first-order valence-electron chi connectivity index (χ1n) is 6.00. The van der Waals surface area contributed by atoms with Gasteiger partial charge >= 0.3 is 0 Å². The Labute approximate surface area is 101 Å². The molecule has 1 aromatic rings. The second-order valence-corrected chi connectivity index (χ2v) is 5.56. The molecule has 0 heterocycles. The number of hydrogen-bond acceptors (Lipinski definition) is 2. The van der Waals surface area contributed by atoms with E-state index >= 15 is 0 Å². The molecule has 3 heteroatoms. The number of nitrogens with one attached hydrogen (secondary N) is 1. The van der Waals surface area contributed by atoms with E-state index in [1.54, 1.807) is 0 Å². The predicted octanol–water partition coefficient (Wildman–Crippen LogP) is 2.89. The highest BCUT2D eigenvalue weighted by Crippen LogP contribution is 2.57. The largest absolute Gasteiger partial charge is 0.271 e. The molecule has 1 aromatic carbocycles. The Kier molecular flexibility index (Phi) is 2.66. The third kappa shape index (κ3) is 1.75. The maximum atomic E-state index is 6.23. The molecule has 0 aliphatic heterocycles. The maximum Gasteiger partial charge on any atom is 0.0503 e. The summed E-state index contributed by atoms with van der Waals surface area (Å²) < 4.78 is 0. The van der Waals surface area contributed by atoms with Crippen molar-refractivity contribution in [3.63, 3.8) is 0 Å². The van der Waals surface area contributed by atoms with Crippen LogP contribution >= 0.6 is 11.6 Å². The summed E-state index contributed by atoms with van der Waals surface area (Å²) in [5.41, 5.74) is 4.11. The zero-order chi connectivity index (χ0) is 11.1. The predicted molar refractivity (Wildman–Crippen MR) is 65.8 cm³/mol. The number of hydrogen-bond donors (Lipinski definition) is 2. The molecule has 3 N–H and O–H groups in total. The molecule has 2 saturated carbocycles. The minimum absolute atomic E-state index is 0.224. The van der Waals surface area contributed by atoms with Gasteiger partial charge in [-0.1, -0.05) is 29.8 Å². The molecular weight excluding hydrogens is 220 g/mol. The monoisotopic (exact) mass is 236 g/mol. The van der Waals surface area contributed by atoms with Crippen molar-refractivity contribution in [3.8, 4) is 0 Å². The third-order valence-corrected chi connectivity index (χ3v) is 4.52. The lowest BCUT2D eigenvalue weighted by Gasteiger charge is -2.25. The molecular formula is C13H17ClN2. The van der Waals surface area contributed by atoms with Gasteiger partial charge < -0.3 is 0 Å². The van der Waals surface area contributed by atoms with Crippen LogP contribution in [-0.4, -0.2) is 0 Å². The van der Waals surface area contributed by atoms with Crippen LogP contribution in [0.5, 0.6) is 0 Å². The first-order valence-corrected chi connectivity index (χ1v) is 6.38. The summed E-state index contributed by atoms with van der Waals surface area (Å²) in [6, 6.07) is 8.24. The van der Waals surface area contributed by atoms with Gasteiger partial charge in [0.05, 0.1) is 6.04 Å². The average Bonchev–Trinajstić information content (AvgIpc) is 2.90. The molecule has 2 aliphatic rings. The fourth-order valence-electron chi connectivity index (χ4n) is 3.24. The standard InChI is InChI=1S/C13H17ClN2/c14-12-4-2-1-3-11(12)13(16-15)10-6-8-5-9(8)7-10/h1-4,8-10,13,16H,5-7,15H2. The Bertz CT molecular complexity index is 383. The van der Waals surface area contributed by atoms with Crippen molar-refractivity contribution in [2.24, 2.45) is 23.6 Å². The van der Waals surface area contributed by atoms with Crippen LogP contribution in [0.2, 0.25) is 5.02 Å². The normalized spacial score (nSPS) is 33.5. The van der Waals surface area contributed by atoms with Crippen LogP contribution in [0, 0.1) is 17.8 Å². The SMILES string of the molecule is NNC(c1ccccc1Cl)C1CC2CC2C1. The van der Waals surface area contributed by atoms with Gasteiger partial charge in [0.25, 0.3) is 0 Å². The van der Waals surface area contributed by atoms with E-state index in [-0.39, 0.29) is 6.04 Å². The summed E-state index contributed by atoms with van der Waals surface area (Å²) in [6.07, 6.45) is 4.06. The molecule has 2 aliphatic carbocycles. The maximum absolute atomic E-state index is 6.23. The highest BCUT2D eigenvalue weighted by molar-refractivity contribution is 6.31. The molecule has 2 fully saturated rings. The van der Waals surface area contributed by atoms with Gasteiger partial charge in [-0.15, -0.1) is 0 Å². The number of fused-ring (bicyclic) bond motifs is 1. The van der Waals surface area contributed by atoms with Crippen LogP contribution in [-0.2, 0) is 0 Å². The van der Waals surface area contributed by atoms with Gasteiger partial charge in [-0.05, 0) is 48.6 Å². The summed E-state index contributed by atoms with van der Waals surface area (Å²) in [6.45, 7) is 0. The lowest BCUT2D eigenvalue weighted by molar-refractivity contribution is 0.346. The first-order chi connectivity index (χ1) is 7.79. The van der Waals surface area contributed by atoms with Gasteiger partial charge in [-0.3, -0.25) is 11.3 Å². The van der Waals surface area contributed by atoms with Crippen LogP contribution in [0.25, 0.3) is 0 Å². The summed E-state index contributed by atoms with van der Waals surface area (Å²) in [5.74, 6) is 8.32. The Balaban J connectivity index is 1.82. The summed E-state index contributed by atoms with van der Waals surface area (Å²) >= 11 is 6.23. The van der Waals surface area contributed by atoms with Crippen LogP contribution in [0.1, 0.15) is 30.9 Å². The Hall–Kier alpha value is -0.570. The number of hydrazine groups is 1. The summed E-state index contributed by atoms with van der Waals surface area (Å²) in [7, 11) is 0. The van der Waals surface area contributed by atoms with E-state index in [4.69, 9.17) is 17.4 Å². The molecule has 0 amide bonds. The molecule has 16 heavy (non-hydrogen) atoms. The van der Waals surface area contributed by atoms with E-state index in [1.807, 2.05) is 18.2 Å². The number of halogens is 1. The highest BCUT2D eigenvalue weighted by Gasteiger charge is 2.48. The molecule has 0 spiro atoms. The Morgan fingerprint density at radius 3 is 2.50 bits per heavy atom. The van der Waals surface area contributed by atoms with E-state index in [0.29, 0.717) is 5.92 Å². The van der Waals surface area contributed by atoms with Crippen molar-refractivity contribution < 1.29 is 0 Å². The second-order valence-electron chi connectivity index (χ2n) is 5.15. The van der Waals surface area contributed by atoms with Crippen molar-refractivity contribution in [2.45, 2.75) is 25.3 Å². The average molecular weight is 237 g/mol. The topological polar surface area (TPSA) is 38.0 Å². The highest BCUT2D eigenvalue weighted by atomic mass is 35.5. The van der Waals surface area contributed by atoms with Gasteiger partial charge in [0, 0.05) is 5.02 Å². The minimum atomic E-state index is 0.224. The zero-order valence-electron chi connectivity index (χ0n) is 9.20. The molecule has 0 saturated heterocycles. The van der Waals surface area contributed by atoms with Crippen LogP contribution in [0.15, 0.2) is 24.3 Å². The quantitative estimate of drug-likeness (QED) is 0.626. The molecule has 3 rings (SSSR count). The Morgan fingerprint density at radius 1 is 1.19 bits per heavy atom. The number of rotatable bonds is 3. The van der Waals surface area contributed by atoms with Crippen molar-refractivity contribution in [1.29, 1.82) is 0 Å². The molecule has 86 valence electrons. The molecule has 0 radical (unpaired) electrons. The van der Waals surface area contributed by atoms with Crippen molar-refractivity contribution in [1.82, 2.24) is 5.43 Å². The van der Waals surface area contributed by atoms with E-state index in [1.165, 1.54) is 19.3 Å². The Morgan fingerprint density at radius 2 is 1.88 bits per heavy atom. The number of benzene rings is 1. The smallest absolute Gasteiger partial charge is 0.0503 e. The van der Waals surface area contributed by atoms with Gasteiger partial charge in [0.2, 0.25) is 0 Å². The van der Waals surface area contributed by atoms with Crippen molar-refractivity contribution in [3.05, 3.63) is 34.9 Å². The molecule has 0 aromatic heterocycles. The van der Waals surface area contributed by atoms with Crippen molar-refractivity contribution >= 4 is 11.6 Å². The van der Waals surface area contributed by atoms with E-state index in [2.05, 4.69) is 11.5 Å². The summed E-state index contributed by atoms with van der Waals surface area (Å²) in [4.78, 5) is 0. The third-order valence-electron chi connectivity index (χ3n) is 4.17. The minimum Gasteiger partial charge on any atom is -0.271 e. The van der Waals surface area contributed by atoms with Crippen LogP contribution in [0.3, 0.4) is 0 Å². The van der Waals surface area contributed by atoms with Gasteiger partial charge in [0.1, 0.15) is 0 Å². The molecule has 3 atom stereocenters. The lowest BCUT2D eigenvalue weighted by atomic mass is 9.89. The second kappa shape index (κ2) is 4.02. The van der Waals surface area contributed by atoms with Gasteiger partial charge in [-0.25, -0.2) is 0 Å². The van der Waals surface area contributed by atoms with E-state index in [9.17, 15) is 0 Å². The molecule has 0 bridgehead atoms. The van der Waals surface area contributed by atoms with Gasteiger partial charge in [-0.2, -0.15) is 0 Å². The van der Waals surface area contributed by atoms with E-state index < -0.39 is 0 Å². The molecule has 2 nitrogen and oxygen atoms in total. The first kappa shape index (κ1) is 10.6. The van der Waals surface area contributed by atoms with Crippen molar-refractivity contribution in [2.75, 3.05) is 0 Å². The lowest BCUT2D eigenvalue weighted by Crippen LogP contribution is -2.33. The van der Waals surface area contributed by atoms with Crippen LogP contribution < -0.4 is 11.3 Å². The molecule has 3 unspecified atom stereocenters. The number of nitrogens with two attached hydrogens (primary N) is 1.